The van der Waals surface area contributed by atoms with Crippen LogP contribution < -0.4 is 15.2 Å². The number of nitrogens with zero attached hydrogens (tertiary/aromatic N) is 1. The van der Waals surface area contributed by atoms with Crippen LogP contribution in [-0.2, 0) is 12.0 Å². The molecule has 0 aliphatic carbocycles. The second-order valence-corrected chi connectivity index (χ2v) is 8.26. The van der Waals surface area contributed by atoms with E-state index < -0.39 is 0 Å². The molecule has 1 aromatic heterocycles. The van der Waals surface area contributed by atoms with Gasteiger partial charge in [0, 0.05) is 30.6 Å². The van der Waals surface area contributed by atoms with E-state index in [-0.39, 0.29) is 11.3 Å². The normalized spacial score (nSPS) is 16.8. The molecule has 2 aromatic carbocycles. The molecule has 1 fully saturated rings. The van der Waals surface area contributed by atoms with Crippen molar-refractivity contribution in [1.29, 1.82) is 0 Å². The Morgan fingerprint density at radius 1 is 1.13 bits per heavy atom. The van der Waals surface area contributed by atoms with E-state index in [0.717, 1.165) is 29.7 Å². The lowest BCUT2D eigenvalue weighted by Gasteiger charge is -2.38. The van der Waals surface area contributed by atoms with Crippen LogP contribution in [0.4, 0.5) is 0 Å². The van der Waals surface area contributed by atoms with Crippen LogP contribution in [0.2, 0.25) is 0 Å². The highest BCUT2D eigenvalue weighted by Crippen LogP contribution is 2.46. The first-order chi connectivity index (χ1) is 15.1. The van der Waals surface area contributed by atoms with Gasteiger partial charge in [-0.2, -0.15) is 0 Å². The molecule has 3 aromatic rings. The molecule has 0 bridgehead atoms. The van der Waals surface area contributed by atoms with Crippen molar-refractivity contribution in [2.75, 3.05) is 26.8 Å². The van der Waals surface area contributed by atoms with Crippen molar-refractivity contribution >= 4 is 5.91 Å². The number of carbonyl (C=O) groups excluding carboxylic acids is 1. The molecule has 2 aliphatic rings. The summed E-state index contributed by atoms with van der Waals surface area (Å²) in [5.74, 6) is 2.56. The predicted octanol–water partition coefficient (Wildman–Crippen LogP) is 3.98. The van der Waals surface area contributed by atoms with E-state index in [9.17, 15) is 4.79 Å². The maximum Gasteiger partial charge on any atom is 0.289 e. The Hall–Kier alpha value is -3.25. The molecule has 31 heavy (non-hydrogen) atoms. The number of rotatable bonds is 4. The van der Waals surface area contributed by atoms with Crippen LogP contribution in [0.25, 0.3) is 11.3 Å². The summed E-state index contributed by atoms with van der Waals surface area (Å²) in [5, 5.41) is 0. The zero-order chi connectivity index (χ0) is 21.4. The smallest absolute Gasteiger partial charge is 0.289 e. The Morgan fingerprint density at radius 3 is 2.71 bits per heavy atom. The lowest BCUT2D eigenvalue weighted by molar-refractivity contribution is 0.0616. The van der Waals surface area contributed by atoms with E-state index in [1.54, 1.807) is 13.2 Å². The number of para-hydroxylation sites is 1. The third kappa shape index (κ3) is 3.37. The van der Waals surface area contributed by atoms with Crippen LogP contribution in [0.1, 0.15) is 34.5 Å². The van der Waals surface area contributed by atoms with Crippen LogP contribution in [0.5, 0.6) is 11.5 Å². The maximum atomic E-state index is 13.1. The lowest BCUT2D eigenvalue weighted by Crippen LogP contribution is -2.46. The van der Waals surface area contributed by atoms with E-state index >= 15 is 0 Å². The second-order valence-electron chi connectivity index (χ2n) is 8.26. The molecule has 0 saturated carbocycles. The summed E-state index contributed by atoms with van der Waals surface area (Å²) in [6.45, 7) is 2.51. The monoisotopic (exact) mass is 418 g/mol. The zero-order valence-corrected chi connectivity index (χ0v) is 17.6. The van der Waals surface area contributed by atoms with Crippen molar-refractivity contribution in [3.05, 3.63) is 71.5 Å². The molecule has 2 aliphatic heterocycles. The number of fused-ring (bicyclic) bond motifs is 2. The summed E-state index contributed by atoms with van der Waals surface area (Å²) < 4.78 is 17.3. The molecule has 6 nitrogen and oxygen atoms in total. The maximum absolute atomic E-state index is 13.1. The van der Waals surface area contributed by atoms with E-state index in [0.29, 0.717) is 43.5 Å². The van der Waals surface area contributed by atoms with Crippen molar-refractivity contribution in [1.82, 2.24) is 4.90 Å². The Labute approximate surface area is 181 Å². The Balaban J connectivity index is 1.31. The minimum absolute atomic E-state index is 0.0387. The van der Waals surface area contributed by atoms with Gasteiger partial charge in [-0.3, -0.25) is 4.79 Å². The summed E-state index contributed by atoms with van der Waals surface area (Å²) in [6.07, 6.45) is 1.72. The topological polar surface area (TPSA) is 77.9 Å². The highest BCUT2D eigenvalue weighted by Gasteiger charge is 2.44. The van der Waals surface area contributed by atoms with Gasteiger partial charge in [0.05, 0.1) is 19.3 Å². The molecule has 5 rings (SSSR count). The van der Waals surface area contributed by atoms with Gasteiger partial charge in [-0.25, -0.2) is 0 Å². The third-order valence-corrected chi connectivity index (χ3v) is 6.55. The number of carbonyl (C=O) groups is 1. The summed E-state index contributed by atoms with van der Waals surface area (Å²) in [6, 6.07) is 17.4. The molecule has 6 heteroatoms. The van der Waals surface area contributed by atoms with Crippen LogP contribution >= 0.6 is 0 Å². The molecular weight excluding hydrogens is 392 g/mol. The Morgan fingerprint density at radius 2 is 1.94 bits per heavy atom. The van der Waals surface area contributed by atoms with Crippen LogP contribution in [0, 0.1) is 0 Å². The number of amides is 1. The first-order valence-corrected chi connectivity index (χ1v) is 10.6. The van der Waals surface area contributed by atoms with E-state index in [1.807, 2.05) is 47.4 Å². The predicted molar refractivity (Wildman–Crippen MR) is 117 cm³/mol. The first-order valence-electron chi connectivity index (χ1n) is 10.6. The Bertz CT molecular complexity index is 1110. The summed E-state index contributed by atoms with van der Waals surface area (Å²) in [5.41, 5.74) is 8.98. The quantitative estimate of drug-likeness (QED) is 0.693. The van der Waals surface area contributed by atoms with Crippen LogP contribution in [-0.4, -0.2) is 37.6 Å². The SMILES string of the molecule is COc1ccccc1-c1ccc(C(=O)N2CCC3(CC2)COc2ccc(CN)cc23)o1. The van der Waals surface area contributed by atoms with Gasteiger partial charge in [-0.15, -0.1) is 0 Å². The third-order valence-electron chi connectivity index (χ3n) is 6.55. The minimum Gasteiger partial charge on any atom is -0.496 e. The molecule has 0 unspecified atom stereocenters. The fraction of sp³-hybridized carbons (Fsp3) is 0.320. The van der Waals surface area contributed by atoms with E-state index in [2.05, 4.69) is 6.07 Å². The van der Waals surface area contributed by atoms with Gasteiger partial charge in [0.2, 0.25) is 0 Å². The number of piperidine rings is 1. The van der Waals surface area contributed by atoms with Gasteiger partial charge in [0.15, 0.2) is 5.76 Å². The molecule has 0 atom stereocenters. The number of ether oxygens (including phenoxy) is 2. The molecule has 1 saturated heterocycles. The number of hydrogen-bond donors (Lipinski definition) is 1. The summed E-state index contributed by atoms with van der Waals surface area (Å²) >= 11 is 0. The second kappa shape index (κ2) is 7.78. The van der Waals surface area contributed by atoms with Crippen molar-refractivity contribution < 1.29 is 18.7 Å². The summed E-state index contributed by atoms with van der Waals surface area (Å²) in [7, 11) is 1.62. The van der Waals surface area contributed by atoms with Gasteiger partial charge in [0.25, 0.3) is 5.91 Å². The first kappa shape index (κ1) is 19.7. The fourth-order valence-corrected chi connectivity index (χ4v) is 4.69. The molecule has 1 amide bonds. The average Bonchev–Trinajstić information content (AvgIpc) is 3.45. The average molecular weight is 418 g/mol. The standard InChI is InChI=1S/C25H26N2O4/c1-29-20-5-3-2-4-18(20)21-8-9-23(31-21)24(28)27-12-10-25(11-13-27)16-30-22-7-6-17(15-26)14-19(22)25/h2-9,14H,10-13,15-16,26H2,1H3. The number of likely N-dealkylation sites (tertiary alicyclic amines) is 1. The van der Waals surface area contributed by atoms with Crippen LogP contribution in [0.15, 0.2) is 59.0 Å². The van der Waals surface area contributed by atoms with Crippen molar-refractivity contribution in [2.24, 2.45) is 5.73 Å². The molecule has 160 valence electrons. The van der Waals surface area contributed by atoms with Crippen molar-refractivity contribution in [3.8, 4) is 22.8 Å². The highest BCUT2D eigenvalue weighted by atomic mass is 16.5. The van der Waals surface area contributed by atoms with Crippen molar-refractivity contribution in [3.63, 3.8) is 0 Å². The lowest BCUT2D eigenvalue weighted by atomic mass is 9.74. The molecule has 2 N–H and O–H groups in total. The minimum atomic E-state index is -0.0779. The number of benzene rings is 2. The zero-order valence-electron chi connectivity index (χ0n) is 17.6. The number of hydrogen-bond acceptors (Lipinski definition) is 5. The molecule has 1 spiro atoms. The molecule has 3 heterocycles. The Kier molecular flexibility index (Phi) is 4.94. The number of methoxy groups -OCH3 is 1. The molecular formula is C25H26N2O4. The van der Waals surface area contributed by atoms with E-state index in [4.69, 9.17) is 19.6 Å². The van der Waals surface area contributed by atoms with Gasteiger partial charge in [0.1, 0.15) is 17.3 Å². The highest BCUT2D eigenvalue weighted by molar-refractivity contribution is 5.92. The summed E-state index contributed by atoms with van der Waals surface area (Å²) in [4.78, 5) is 15.0. The van der Waals surface area contributed by atoms with Gasteiger partial charge in [-0.05, 0) is 48.7 Å². The van der Waals surface area contributed by atoms with Gasteiger partial charge >= 0.3 is 0 Å². The number of furan rings is 1. The van der Waals surface area contributed by atoms with E-state index in [1.165, 1.54) is 5.56 Å². The van der Waals surface area contributed by atoms with Gasteiger partial charge < -0.3 is 24.5 Å². The largest absolute Gasteiger partial charge is 0.496 e. The van der Waals surface area contributed by atoms with Crippen LogP contribution in [0.3, 0.4) is 0 Å². The number of nitrogens with two attached hydrogens (primary N) is 1. The van der Waals surface area contributed by atoms with Crippen molar-refractivity contribution in [2.45, 2.75) is 24.8 Å². The molecule has 0 radical (unpaired) electrons. The fourth-order valence-electron chi connectivity index (χ4n) is 4.69. The van der Waals surface area contributed by atoms with Gasteiger partial charge in [-0.1, -0.05) is 24.3 Å².